The van der Waals surface area contributed by atoms with Crippen LogP contribution in [0.1, 0.15) is 46.0 Å². The molecule has 0 heterocycles. The molecule has 0 aromatic rings. The zero-order chi connectivity index (χ0) is 11.8. The van der Waals surface area contributed by atoms with E-state index < -0.39 is 5.41 Å². The number of carbonyl (C=O) groups is 1. The molecule has 0 radical (unpaired) electrons. The number of hydrogen-bond acceptors (Lipinski definition) is 2. The first-order chi connectivity index (χ1) is 7.55. The lowest BCUT2D eigenvalue weighted by molar-refractivity contribution is -0.132. The number of nitriles is 1. The molecule has 2 rings (SSSR count). The molecule has 1 N–H and O–H groups in total. The van der Waals surface area contributed by atoms with Crippen LogP contribution < -0.4 is 5.32 Å². The van der Waals surface area contributed by atoms with E-state index in [1.165, 1.54) is 12.8 Å². The molecule has 3 nitrogen and oxygen atoms in total. The molecule has 1 amide bonds. The van der Waals surface area contributed by atoms with Gasteiger partial charge in [0.15, 0.2) is 0 Å². The fourth-order valence-corrected chi connectivity index (χ4v) is 2.46. The molecular weight excluding hydrogens is 200 g/mol. The van der Waals surface area contributed by atoms with Crippen LogP contribution in [0.4, 0.5) is 0 Å². The molecule has 0 aromatic heterocycles. The van der Waals surface area contributed by atoms with Gasteiger partial charge < -0.3 is 5.32 Å². The van der Waals surface area contributed by atoms with Gasteiger partial charge in [0, 0.05) is 6.54 Å². The molecule has 2 aliphatic rings. The Balaban J connectivity index is 1.87. The Morgan fingerprint density at radius 1 is 1.38 bits per heavy atom. The van der Waals surface area contributed by atoms with Crippen LogP contribution in [0.15, 0.2) is 0 Å². The van der Waals surface area contributed by atoms with Gasteiger partial charge in [-0.25, -0.2) is 0 Å². The molecule has 2 fully saturated rings. The Bertz CT molecular complexity index is 332. The predicted octanol–water partition coefficient (Wildman–Crippen LogP) is 2.23. The molecule has 0 aromatic carbocycles. The third-order valence-corrected chi connectivity index (χ3v) is 4.57. The molecule has 0 spiro atoms. The van der Waals surface area contributed by atoms with E-state index >= 15 is 0 Å². The molecule has 2 saturated carbocycles. The number of nitrogens with one attached hydrogen (secondary N) is 1. The predicted molar refractivity (Wildman–Crippen MR) is 61.4 cm³/mol. The van der Waals surface area contributed by atoms with Crippen molar-refractivity contribution in [2.45, 2.75) is 46.0 Å². The highest BCUT2D eigenvalue weighted by Gasteiger charge is 2.48. The Morgan fingerprint density at radius 3 is 2.31 bits per heavy atom. The van der Waals surface area contributed by atoms with E-state index in [0.717, 1.165) is 25.8 Å². The van der Waals surface area contributed by atoms with Gasteiger partial charge in [0.25, 0.3) is 0 Å². The topological polar surface area (TPSA) is 52.9 Å². The summed E-state index contributed by atoms with van der Waals surface area (Å²) in [7, 11) is 0. The van der Waals surface area contributed by atoms with Crippen LogP contribution >= 0.6 is 0 Å². The molecule has 0 unspecified atom stereocenters. The first-order valence-electron chi connectivity index (χ1n) is 6.24. The first kappa shape index (κ1) is 11.4. The lowest BCUT2D eigenvalue weighted by Crippen LogP contribution is -2.46. The third kappa shape index (κ3) is 1.71. The average Bonchev–Trinajstić information content (AvgIpc) is 2.94. The summed E-state index contributed by atoms with van der Waals surface area (Å²) in [5.41, 5.74) is -0.358. The van der Waals surface area contributed by atoms with Gasteiger partial charge in [-0.1, -0.05) is 13.8 Å². The summed E-state index contributed by atoms with van der Waals surface area (Å²) < 4.78 is 0. The second kappa shape index (κ2) is 3.76. The molecule has 2 aliphatic carbocycles. The summed E-state index contributed by atoms with van der Waals surface area (Å²) in [5.74, 6) is 0.584. The van der Waals surface area contributed by atoms with Crippen LogP contribution in [-0.2, 0) is 4.79 Å². The lowest BCUT2D eigenvalue weighted by atomic mass is 9.69. The van der Waals surface area contributed by atoms with Crippen LogP contribution in [0.25, 0.3) is 0 Å². The van der Waals surface area contributed by atoms with Gasteiger partial charge >= 0.3 is 0 Å². The Kier molecular flexibility index (Phi) is 2.69. The average molecular weight is 220 g/mol. The maximum absolute atomic E-state index is 11.9. The van der Waals surface area contributed by atoms with E-state index in [0.29, 0.717) is 11.3 Å². The molecule has 0 aliphatic heterocycles. The quantitative estimate of drug-likeness (QED) is 0.790. The van der Waals surface area contributed by atoms with Gasteiger partial charge in [-0.15, -0.1) is 0 Å². The lowest BCUT2D eigenvalue weighted by Gasteiger charge is -2.34. The fourth-order valence-electron chi connectivity index (χ4n) is 2.46. The van der Waals surface area contributed by atoms with Crippen molar-refractivity contribution < 1.29 is 4.79 Å². The van der Waals surface area contributed by atoms with Crippen molar-refractivity contribution >= 4 is 5.91 Å². The highest BCUT2D eigenvalue weighted by atomic mass is 16.2. The Labute approximate surface area is 97.2 Å². The Morgan fingerprint density at radius 2 is 2.00 bits per heavy atom. The zero-order valence-electron chi connectivity index (χ0n) is 10.2. The van der Waals surface area contributed by atoms with E-state index in [9.17, 15) is 4.79 Å². The molecule has 0 atom stereocenters. The fraction of sp³-hybridized carbons (Fsp3) is 0.846. The van der Waals surface area contributed by atoms with Crippen molar-refractivity contribution in [1.29, 1.82) is 5.26 Å². The number of carbonyl (C=O) groups excluding carboxylic acids is 1. The summed E-state index contributed by atoms with van der Waals surface area (Å²) in [6.07, 6.45) is 4.92. The van der Waals surface area contributed by atoms with E-state index in [2.05, 4.69) is 25.2 Å². The van der Waals surface area contributed by atoms with Crippen molar-refractivity contribution in [3.8, 4) is 6.07 Å². The standard InChI is InChI=1S/C13H20N2O/c1-10(2)13(6-7-13)9-15-11(16)12(8-14)4-3-5-12/h10H,3-7,9H2,1-2H3,(H,15,16). The van der Waals surface area contributed by atoms with Crippen molar-refractivity contribution in [2.75, 3.05) is 6.54 Å². The highest BCUT2D eigenvalue weighted by Crippen LogP contribution is 2.51. The van der Waals surface area contributed by atoms with E-state index in [1.807, 2.05) is 0 Å². The number of hydrogen-bond donors (Lipinski definition) is 1. The first-order valence-corrected chi connectivity index (χ1v) is 6.24. The van der Waals surface area contributed by atoms with Crippen LogP contribution in [-0.4, -0.2) is 12.5 Å². The molecule has 0 bridgehead atoms. The number of rotatable bonds is 4. The second-order valence-electron chi connectivity index (χ2n) is 5.75. The van der Waals surface area contributed by atoms with Crippen LogP contribution in [0.3, 0.4) is 0 Å². The number of nitrogens with zero attached hydrogens (tertiary/aromatic N) is 1. The molecule has 0 saturated heterocycles. The van der Waals surface area contributed by atoms with Gasteiger partial charge in [0.2, 0.25) is 5.91 Å². The SMILES string of the molecule is CC(C)C1(CNC(=O)C2(C#N)CCC2)CC1. The summed E-state index contributed by atoms with van der Waals surface area (Å²) in [5, 5.41) is 12.0. The minimum absolute atomic E-state index is 0.0341. The minimum atomic E-state index is -0.687. The van der Waals surface area contributed by atoms with E-state index in [1.54, 1.807) is 0 Å². The molecular formula is C13H20N2O. The molecule has 16 heavy (non-hydrogen) atoms. The summed E-state index contributed by atoms with van der Waals surface area (Å²) in [4.78, 5) is 11.9. The van der Waals surface area contributed by atoms with E-state index in [4.69, 9.17) is 5.26 Å². The van der Waals surface area contributed by atoms with Crippen molar-refractivity contribution in [1.82, 2.24) is 5.32 Å². The van der Waals surface area contributed by atoms with Crippen molar-refractivity contribution in [3.63, 3.8) is 0 Å². The van der Waals surface area contributed by atoms with Crippen LogP contribution in [0, 0.1) is 28.1 Å². The maximum atomic E-state index is 11.9. The summed E-state index contributed by atoms with van der Waals surface area (Å²) in [6.45, 7) is 5.18. The van der Waals surface area contributed by atoms with Gasteiger partial charge in [-0.05, 0) is 43.4 Å². The monoisotopic (exact) mass is 220 g/mol. The van der Waals surface area contributed by atoms with Gasteiger partial charge in [-0.3, -0.25) is 4.79 Å². The summed E-state index contributed by atoms with van der Waals surface area (Å²) in [6, 6.07) is 2.19. The van der Waals surface area contributed by atoms with E-state index in [-0.39, 0.29) is 5.91 Å². The van der Waals surface area contributed by atoms with Crippen LogP contribution in [0.2, 0.25) is 0 Å². The van der Waals surface area contributed by atoms with Gasteiger partial charge in [-0.2, -0.15) is 5.26 Å². The van der Waals surface area contributed by atoms with Crippen molar-refractivity contribution in [2.24, 2.45) is 16.7 Å². The molecule has 88 valence electrons. The van der Waals surface area contributed by atoms with Gasteiger partial charge in [0.05, 0.1) is 6.07 Å². The summed E-state index contributed by atoms with van der Waals surface area (Å²) >= 11 is 0. The maximum Gasteiger partial charge on any atom is 0.240 e. The van der Waals surface area contributed by atoms with Crippen LogP contribution in [0.5, 0.6) is 0 Å². The number of amides is 1. The van der Waals surface area contributed by atoms with Gasteiger partial charge in [0.1, 0.15) is 5.41 Å². The minimum Gasteiger partial charge on any atom is -0.354 e. The molecule has 3 heteroatoms. The zero-order valence-corrected chi connectivity index (χ0v) is 10.2. The highest BCUT2D eigenvalue weighted by molar-refractivity contribution is 5.86. The normalized spacial score (nSPS) is 24.4. The third-order valence-electron chi connectivity index (χ3n) is 4.57. The second-order valence-corrected chi connectivity index (χ2v) is 5.75. The largest absolute Gasteiger partial charge is 0.354 e. The Hall–Kier alpha value is -1.04. The smallest absolute Gasteiger partial charge is 0.240 e. The van der Waals surface area contributed by atoms with Crippen molar-refractivity contribution in [3.05, 3.63) is 0 Å².